The third-order valence-electron chi connectivity index (χ3n) is 10.2. The molecule has 7 heteroatoms. The summed E-state index contributed by atoms with van der Waals surface area (Å²) < 4.78 is 12.4. The summed E-state index contributed by atoms with van der Waals surface area (Å²) in [6.45, 7) is 0. The van der Waals surface area contributed by atoms with E-state index in [4.69, 9.17) is 14.5 Å². The first-order valence-corrected chi connectivity index (χ1v) is 20.1. The number of para-hydroxylation sites is 8. The first-order chi connectivity index (χ1) is 27.7. The molecule has 0 radical (unpaired) electrons. The second kappa shape index (κ2) is 13.4. The van der Waals surface area contributed by atoms with Gasteiger partial charge in [-0.2, -0.15) is 0 Å². The molecule has 0 fully saturated rings. The van der Waals surface area contributed by atoms with E-state index < -0.39 is 0 Å². The van der Waals surface area contributed by atoms with Crippen LogP contribution in [0.25, 0.3) is 42.0 Å². The average molecular weight is 758 g/mol. The molecule has 0 aliphatic carbocycles. The number of benzene rings is 6. The summed E-state index contributed by atoms with van der Waals surface area (Å²) in [7, 11) is 0. The lowest BCUT2D eigenvalue weighted by atomic mass is 10.1. The molecule has 5 nitrogen and oxygen atoms in total. The number of pyridine rings is 1. The molecule has 56 heavy (non-hydrogen) atoms. The largest absolute Gasteiger partial charge is 0.453 e. The van der Waals surface area contributed by atoms with Gasteiger partial charge in [0.25, 0.3) is 0 Å². The van der Waals surface area contributed by atoms with Gasteiger partial charge in [0.15, 0.2) is 23.0 Å². The number of aromatic nitrogens is 1. The minimum absolute atomic E-state index is 0.850. The fourth-order valence-corrected chi connectivity index (χ4v) is 9.45. The van der Waals surface area contributed by atoms with Gasteiger partial charge < -0.3 is 19.3 Å². The highest BCUT2D eigenvalue weighted by Crippen LogP contribution is 2.52. The van der Waals surface area contributed by atoms with Gasteiger partial charge in [0.1, 0.15) is 0 Å². The molecular weight excluding hydrogens is 727 g/mol. The maximum Gasteiger partial charge on any atom is 0.151 e. The van der Waals surface area contributed by atoms with Gasteiger partial charge in [0.05, 0.1) is 43.9 Å². The lowest BCUT2D eigenvalue weighted by Gasteiger charge is -2.32. The molecule has 0 atom stereocenters. The van der Waals surface area contributed by atoms with Crippen LogP contribution in [0, 0.1) is 0 Å². The van der Waals surface area contributed by atoms with E-state index in [1.54, 1.807) is 22.7 Å². The van der Waals surface area contributed by atoms with Crippen LogP contribution in [0.5, 0.6) is 23.0 Å². The molecule has 266 valence electrons. The monoisotopic (exact) mass is 757 g/mol. The van der Waals surface area contributed by atoms with Crippen molar-refractivity contribution in [3.63, 3.8) is 0 Å². The van der Waals surface area contributed by atoms with E-state index in [2.05, 4.69) is 149 Å². The van der Waals surface area contributed by atoms with Crippen LogP contribution in [0.1, 0.15) is 0 Å². The summed E-state index contributed by atoms with van der Waals surface area (Å²) in [4.78, 5) is 14.4. The van der Waals surface area contributed by atoms with Crippen molar-refractivity contribution in [1.82, 2.24) is 4.98 Å². The molecule has 0 saturated carbocycles. The Hall–Kier alpha value is -6.93. The van der Waals surface area contributed by atoms with Gasteiger partial charge in [-0.05, 0) is 120 Å². The molecule has 2 aliphatic heterocycles. The Kier molecular flexibility index (Phi) is 7.79. The van der Waals surface area contributed by atoms with Crippen LogP contribution < -0.4 is 19.3 Å². The lowest BCUT2D eigenvalue weighted by molar-refractivity contribution is 0.477. The SMILES string of the molecule is c1cc(-c2ccc(-c3ccc(N4c5ccccc5Oc5ccccc54)cc3)s2)nc(-c2ccc(-c3ccc(N4c5ccccc5Oc5ccccc54)cc3)s2)c1. The fraction of sp³-hybridized carbons (Fsp3) is 0. The van der Waals surface area contributed by atoms with E-state index in [0.29, 0.717) is 0 Å². The van der Waals surface area contributed by atoms with Crippen LogP contribution >= 0.6 is 22.7 Å². The summed E-state index contributed by atoms with van der Waals surface area (Å²) >= 11 is 3.53. The van der Waals surface area contributed by atoms with Gasteiger partial charge in [-0.1, -0.05) is 78.9 Å². The van der Waals surface area contributed by atoms with Crippen LogP contribution in [0.15, 0.2) is 188 Å². The van der Waals surface area contributed by atoms with Gasteiger partial charge >= 0.3 is 0 Å². The Morgan fingerprint density at radius 2 is 0.661 bits per heavy atom. The zero-order chi connectivity index (χ0) is 37.0. The van der Waals surface area contributed by atoms with Gasteiger partial charge in [-0.3, -0.25) is 0 Å². The minimum atomic E-state index is 0.850. The summed E-state index contributed by atoms with van der Waals surface area (Å²) in [6.07, 6.45) is 0. The number of hydrogen-bond donors (Lipinski definition) is 0. The smallest absolute Gasteiger partial charge is 0.151 e. The van der Waals surface area contributed by atoms with E-state index in [1.165, 1.54) is 20.9 Å². The molecule has 3 aromatic heterocycles. The molecule has 11 rings (SSSR count). The zero-order valence-electron chi connectivity index (χ0n) is 29.9. The number of fused-ring (bicyclic) bond motifs is 4. The highest BCUT2D eigenvalue weighted by molar-refractivity contribution is 7.19. The number of ether oxygens (including phenoxy) is 2. The maximum atomic E-state index is 6.22. The Balaban J connectivity index is 0.832. The predicted octanol–water partition coefficient (Wildman–Crippen LogP) is 15.0. The molecular formula is C49H31N3O2S2. The van der Waals surface area contributed by atoms with Gasteiger partial charge in [-0.25, -0.2) is 4.98 Å². The normalized spacial score (nSPS) is 12.5. The van der Waals surface area contributed by atoms with Crippen molar-refractivity contribution in [1.29, 1.82) is 0 Å². The minimum Gasteiger partial charge on any atom is -0.453 e. The summed E-state index contributed by atoms with van der Waals surface area (Å²) in [5, 5.41) is 0. The predicted molar refractivity (Wildman–Crippen MR) is 231 cm³/mol. The molecule has 2 aliphatic rings. The zero-order valence-corrected chi connectivity index (χ0v) is 31.5. The Labute approximate surface area is 332 Å². The molecule has 6 aromatic carbocycles. The first kappa shape index (κ1) is 32.5. The van der Waals surface area contributed by atoms with Crippen LogP contribution in [0.4, 0.5) is 34.1 Å². The third-order valence-corrected chi connectivity index (χ3v) is 12.5. The topological polar surface area (TPSA) is 37.8 Å². The molecule has 0 spiro atoms. The average Bonchev–Trinajstić information content (AvgIpc) is 3.97. The molecule has 9 aromatic rings. The highest BCUT2D eigenvalue weighted by atomic mass is 32.1. The number of nitrogens with zero attached hydrogens (tertiary/aromatic N) is 3. The van der Waals surface area contributed by atoms with E-state index in [9.17, 15) is 0 Å². The van der Waals surface area contributed by atoms with Crippen LogP contribution in [-0.4, -0.2) is 4.98 Å². The Morgan fingerprint density at radius 1 is 0.321 bits per heavy atom. The maximum absolute atomic E-state index is 6.22. The first-order valence-electron chi connectivity index (χ1n) is 18.4. The molecule has 5 heterocycles. The number of thiophene rings is 2. The van der Waals surface area contributed by atoms with Crippen molar-refractivity contribution in [2.75, 3.05) is 9.80 Å². The summed E-state index contributed by atoms with van der Waals surface area (Å²) in [5.74, 6) is 3.40. The van der Waals surface area contributed by atoms with Gasteiger partial charge in [0.2, 0.25) is 0 Å². The molecule has 0 saturated heterocycles. The summed E-state index contributed by atoms with van der Waals surface area (Å²) in [6, 6.07) is 65.4. The molecule has 0 amide bonds. The van der Waals surface area contributed by atoms with Crippen molar-refractivity contribution >= 4 is 56.8 Å². The second-order valence-electron chi connectivity index (χ2n) is 13.6. The highest BCUT2D eigenvalue weighted by Gasteiger charge is 2.26. The van der Waals surface area contributed by atoms with Crippen molar-refractivity contribution < 1.29 is 9.47 Å². The van der Waals surface area contributed by atoms with E-state index >= 15 is 0 Å². The van der Waals surface area contributed by atoms with Gasteiger partial charge in [-0.15, -0.1) is 22.7 Å². The molecule has 0 unspecified atom stereocenters. The van der Waals surface area contributed by atoms with Crippen LogP contribution in [0.3, 0.4) is 0 Å². The van der Waals surface area contributed by atoms with Crippen LogP contribution in [0.2, 0.25) is 0 Å². The Morgan fingerprint density at radius 3 is 1.04 bits per heavy atom. The lowest BCUT2D eigenvalue weighted by Crippen LogP contribution is -2.15. The van der Waals surface area contributed by atoms with Crippen molar-refractivity contribution in [2.24, 2.45) is 0 Å². The van der Waals surface area contributed by atoms with Crippen molar-refractivity contribution in [3.8, 4) is 65.0 Å². The van der Waals surface area contributed by atoms with Crippen molar-refractivity contribution in [2.45, 2.75) is 0 Å². The van der Waals surface area contributed by atoms with Gasteiger partial charge in [0, 0.05) is 21.1 Å². The Bertz CT molecular complexity index is 2610. The molecule has 0 N–H and O–H groups in total. The fourth-order valence-electron chi connectivity index (χ4n) is 7.49. The van der Waals surface area contributed by atoms with E-state index in [1.807, 2.05) is 48.5 Å². The second-order valence-corrected chi connectivity index (χ2v) is 15.7. The van der Waals surface area contributed by atoms with Crippen LogP contribution in [-0.2, 0) is 0 Å². The number of anilines is 6. The number of hydrogen-bond acceptors (Lipinski definition) is 7. The third kappa shape index (κ3) is 5.64. The van der Waals surface area contributed by atoms with Crippen molar-refractivity contribution in [3.05, 3.63) is 188 Å². The van der Waals surface area contributed by atoms with E-state index in [-0.39, 0.29) is 0 Å². The quantitative estimate of drug-likeness (QED) is 0.169. The molecule has 0 bridgehead atoms. The summed E-state index contributed by atoms with van der Waals surface area (Å²) in [5.41, 5.74) is 10.6. The number of rotatable bonds is 6. The van der Waals surface area contributed by atoms with E-state index in [0.717, 1.165) is 78.3 Å². The standard InChI is InChI=1S/C49H31N3O2S2/c1-5-16-42-38(12-1)51(39-13-2-6-17-43(39)53-42)34-24-20-32(21-25-34)46-28-30-48(55-46)36-10-9-11-37(50-36)49-31-29-47(56-49)33-22-26-35(27-23-33)52-40-14-3-7-18-44(40)54-45-19-8-4-15-41(45)52/h1-31H.